The zero-order valence-corrected chi connectivity index (χ0v) is 24.0. The smallest absolute Gasteiger partial charge is 0.325 e. The van der Waals surface area contributed by atoms with Crippen LogP contribution in [0.2, 0.25) is 0 Å². The monoisotopic (exact) mass is 570 g/mol. The Morgan fingerprint density at radius 1 is 1.20 bits per heavy atom. The van der Waals surface area contributed by atoms with Crippen molar-refractivity contribution in [2.24, 2.45) is 11.8 Å². The van der Waals surface area contributed by atoms with Gasteiger partial charge in [-0.3, -0.25) is 9.52 Å². The van der Waals surface area contributed by atoms with E-state index in [2.05, 4.69) is 16.6 Å². The number of carbonyl (C=O) groups excluding carboxylic acids is 1. The molecule has 1 fully saturated rings. The fourth-order valence-electron chi connectivity index (χ4n) is 4.86. The highest BCUT2D eigenvalue weighted by molar-refractivity contribution is 7.91. The molecule has 4 N–H and O–H groups in total. The van der Waals surface area contributed by atoms with Gasteiger partial charge in [-0.25, -0.2) is 19.1 Å². The molecular weight excluding hydrogens is 535 g/mol. The predicted molar refractivity (Wildman–Crippen MR) is 154 cm³/mol. The van der Waals surface area contributed by atoms with Crippen molar-refractivity contribution in [1.82, 2.24) is 14.7 Å². The maximum Gasteiger partial charge on any atom is 0.325 e. The summed E-state index contributed by atoms with van der Waals surface area (Å²) in [5.74, 6) is -0.0352. The lowest BCUT2D eigenvalue weighted by atomic mass is 9.97. The van der Waals surface area contributed by atoms with Crippen molar-refractivity contribution in [2.75, 3.05) is 28.5 Å². The van der Waals surface area contributed by atoms with Gasteiger partial charge in [-0.05, 0) is 68.5 Å². The van der Waals surface area contributed by atoms with Crippen LogP contribution in [0.1, 0.15) is 51.4 Å². The molecule has 2 aromatic heterocycles. The maximum absolute atomic E-state index is 14.5. The molecule has 12 heteroatoms. The van der Waals surface area contributed by atoms with Gasteiger partial charge in [-0.15, -0.1) is 0 Å². The molecule has 0 spiro atoms. The van der Waals surface area contributed by atoms with Crippen LogP contribution in [-0.4, -0.2) is 43.0 Å². The highest BCUT2D eigenvalue weighted by atomic mass is 32.2. The van der Waals surface area contributed by atoms with E-state index in [-0.39, 0.29) is 28.7 Å². The first-order chi connectivity index (χ1) is 18.7. The molecule has 0 aliphatic carbocycles. The molecule has 1 saturated heterocycles. The average molecular weight is 571 g/mol. The highest BCUT2D eigenvalue weighted by Gasteiger charge is 2.39. The quantitative estimate of drug-likeness (QED) is 0.339. The van der Waals surface area contributed by atoms with Crippen molar-refractivity contribution in [3.63, 3.8) is 0 Å². The lowest BCUT2D eigenvalue weighted by molar-refractivity contribution is 0.0981. The summed E-state index contributed by atoms with van der Waals surface area (Å²) in [6.07, 6.45) is 0.841. The van der Waals surface area contributed by atoms with Gasteiger partial charge < -0.3 is 15.4 Å². The zero-order valence-electron chi connectivity index (χ0n) is 23.2. The first-order valence-electron chi connectivity index (χ1n) is 13.0. The van der Waals surface area contributed by atoms with E-state index in [1.807, 2.05) is 37.3 Å². The Bertz CT molecular complexity index is 1510. The van der Waals surface area contributed by atoms with E-state index >= 15 is 0 Å². The summed E-state index contributed by atoms with van der Waals surface area (Å²) in [6, 6.07) is 11.9. The van der Waals surface area contributed by atoms with Crippen molar-refractivity contribution in [3.05, 3.63) is 59.9 Å². The minimum atomic E-state index is -4.35. The van der Waals surface area contributed by atoms with Crippen molar-refractivity contribution in [3.8, 4) is 17.0 Å². The fourth-order valence-corrected chi connectivity index (χ4v) is 5.65. The number of nitrogens with zero attached hydrogens (tertiary/aromatic N) is 3. The first-order valence-corrected chi connectivity index (χ1v) is 14.5. The van der Waals surface area contributed by atoms with Gasteiger partial charge >= 0.3 is 10.2 Å². The molecule has 4 rings (SSSR count). The molecule has 0 bridgehead atoms. The van der Waals surface area contributed by atoms with Crippen LogP contribution in [0.25, 0.3) is 11.3 Å². The molecule has 3 aromatic rings. The number of hydrogen-bond donors (Lipinski definition) is 3. The third kappa shape index (κ3) is 6.98. The number of nitrogens with two attached hydrogens (primary N) is 1. The van der Waals surface area contributed by atoms with Gasteiger partial charge in [0.1, 0.15) is 29.0 Å². The third-order valence-electron chi connectivity index (χ3n) is 6.44. The Morgan fingerprint density at radius 2 is 1.95 bits per heavy atom. The van der Waals surface area contributed by atoms with E-state index in [4.69, 9.17) is 15.5 Å². The van der Waals surface area contributed by atoms with Crippen LogP contribution in [0, 0.1) is 17.7 Å². The van der Waals surface area contributed by atoms with Crippen LogP contribution in [0.15, 0.2) is 48.5 Å². The van der Waals surface area contributed by atoms with E-state index in [0.29, 0.717) is 41.9 Å². The van der Waals surface area contributed by atoms with E-state index in [0.717, 1.165) is 6.42 Å². The van der Waals surface area contributed by atoms with Gasteiger partial charge in [-0.2, -0.15) is 8.42 Å². The second kappa shape index (κ2) is 11.3. The minimum absolute atomic E-state index is 0.0370. The molecule has 0 unspecified atom stereocenters. The fraction of sp³-hybridized carbons (Fsp3) is 0.393. The molecule has 1 aromatic carbocycles. The summed E-state index contributed by atoms with van der Waals surface area (Å²) in [7, 11) is -4.35. The van der Waals surface area contributed by atoms with Crippen molar-refractivity contribution < 1.29 is 22.3 Å². The Kier molecular flexibility index (Phi) is 8.20. The molecule has 10 nitrogen and oxygen atoms in total. The molecule has 1 aliphatic rings. The highest BCUT2D eigenvalue weighted by Crippen LogP contribution is 2.38. The number of halogens is 1. The number of nitrogen functional groups attached to an aromatic ring is 1. The Morgan fingerprint density at radius 3 is 2.60 bits per heavy atom. The molecule has 1 atom stereocenters. The second-order valence-electron chi connectivity index (χ2n) is 11.2. The zero-order chi connectivity index (χ0) is 29.2. The Hall–Kier alpha value is -3.93. The largest absolute Gasteiger partial charge is 0.493 e. The van der Waals surface area contributed by atoms with Crippen LogP contribution in [0.5, 0.6) is 5.75 Å². The van der Waals surface area contributed by atoms with E-state index in [9.17, 15) is 17.6 Å². The number of benzene rings is 1. The molecule has 1 amide bonds. The molecule has 0 radical (unpaired) electrons. The number of ether oxygens (including phenoxy) is 1. The summed E-state index contributed by atoms with van der Waals surface area (Å²) in [4.78, 5) is 24.0. The molecule has 214 valence electrons. The molecular formula is C28H35FN6O4S. The number of anilines is 3. The minimum Gasteiger partial charge on any atom is -0.493 e. The predicted octanol–water partition coefficient (Wildman–Crippen LogP) is 4.61. The number of pyridine rings is 2. The number of nitrogens with one attached hydrogen (secondary N) is 2. The summed E-state index contributed by atoms with van der Waals surface area (Å²) in [5, 5.41) is 0. The topological polar surface area (TPSA) is 140 Å². The van der Waals surface area contributed by atoms with Crippen LogP contribution in [0.3, 0.4) is 0 Å². The summed E-state index contributed by atoms with van der Waals surface area (Å²) >= 11 is 0. The van der Waals surface area contributed by atoms with Crippen LogP contribution in [0.4, 0.5) is 21.8 Å². The van der Waals surface area contributed by atoms with Crippen LogP contribution < -0.4 is 24.8 Å². The maximum atomic E-state index is 14.5. The lowest BCUT2D eigenvalue weighted by Crippen LogP contribution is -2.41. The SMILES string of the molecule is CC(C)COc1cc(F)cc(-c2ccc(C(=O)NS(=O)(=O)Nc3cccc(N)n3)c(N3C[C@@H](C)CC3(C)C)n2)c1. The first kappa shape index (κ1) is 29.1. The summed E-state index contributed by atoms with van der Waals surface area (Å²) < 4.78 is 50.0. The lowest BCUT2D eigenvalue weighted by Gasteiger charge is -2.34. The number of rotatable bonds is 9. The average Bonchev–Trinajstić information content (AvgIpc) is 3.12. The number of carbonyl (C=O) groups is 1. The van der Waals surface area contributed by atoms with Gasteiger partial charge in [0, 0.05) is 23.7 Å². The third-order valence-corrected chi connectivity index (χ3v) is 7.37. The summed E-state index contributed by atoms with van der Waals surface area (Å²) in [6.45, 7) is 11.2. The number of hydrogen-bond acceptors (Lipinski definition) is 8. The van der Waals surface area contributed by atoms with Crippen LogP contribution in [-0.2, 0) is 10.2 Å². The molecule has 40 heavy (non-hydrogen) atoms. The van der Waals surface area contributed by atoms with Gasteiger partial charge in [0.2, 0.25) is 0 Å². The number of aromatic nitrogens is 2. The normalized spacial score (nSPS) is 16.7. The Labute approximate surface area is 234 Å². The van der Waals surface area contributed by atoms with Crippen LogP contribution >= 0.6 is 0 Å². The van der Waals surface area contributed by atoms with Gasteiger partial charge in [-0.1, -0.05) is 26.8 Å². The van der Waals surface area contributed by atoms with Gasteiger partial charge in [0.05, 0.1) is 17.9 Å². The molecule has 3 heterocycles. The van der Waals surface area contributed by atoms with E-state index < -0.39 is 21.9 Å². The van der Waals surface area contributed by atoms with Gasteiger partial charge in [0.15, 0.2) is 0 Å². The van der Waals surface area contributed by atoms with Crippen molar-refractivity contribution in [1.29, 1.82) is 0 Å². The second-order valence-corrected chi connectivity index (χ2v) is 12.6. The summed E-state index contributed by atoms with van der Waals surface area (Å²) in [5.41, 5.74) is 6.21. The van der Waals surface area contributed by atoms with Crippen molar-refractivity contribution >= 4 is 33.6 Å². The van der Waals surface area contributed by atoms with E-state index in [1.54, 1.807) is 12.1 Å². The van der Waals surface area contributed by atoms with Gasteiger partial charge in [0.25, 0.3) is 5.91 Å². The Balaban J connectivity index is 1.71. The number of amides is 1. The molecule has 0 saturated carbocycles. The van der Waals surface area contributed by atoms with Crippen molar-refractivity contribution in [2.45, 2.75) is 46.6 Å². The molecule has 1 aliphatic heterocycles. The van der Waals surface area contributed by atoms with E-state index in [1.165, 1.54) is 36.4 Å². The standard InChI is InChI=1S/C28H35FN6O4S/c1-17(2)16-39-21-12-19(11-20(29)13-21)23-10-9-22(26(31-23)35-15-18(3)14-28(35,4)5)27(36)34-40(37,38)33-25-8-6-7-24(30)32-25/h6-13,17-18H,14-16H2,1-5H3,(H,34,36)(H3,30,32,33)/t18-/m0/s1.